The van der Waals surface area contributed by atoms with Crippen molar-refractivity contribution in [1.29, 1.82) is 0 Å². The van der Waals surface area contributed by atoms with E-state index >= 15 is 0 Å². The van der Waals surface area contributed by atoms with Crippen LogP contribution in [0.3, 0.4) is 0 Å². The number of esters is 2. The molecule has 7 heteroatoms. The predicted molar refractivity (Wildman–Crippen MR) is 108 cm³/mol. The summed E-state index contributed by atoms with van der Waals surface area (Å²) in [5.41, 5.74) is -2.43. The van der Waals surface area contributed by atoms with Gasteiger partial charge in [-0.3, -0.25) is 4.79 Å². The Morgan fingerprint density at radius 2 is 1.87 bits per heavy atom. The smallest absolute Gasteiger partial charge is 0.425 e. The molecule has 0 aromatic carbocycles. The highest BCUT2D eigenvalue weighted by molar-refractivity contribution is 5.91. The first-order valence-corrected chi connectivity index (χ1v) is 12.1. The summed E-state index contributed by atoms with van der Waals surface area (Å²) in [6.45, 7) is 3.41. The van der Waals surface area contributed by atoms with Gasteiger partial charge >= 0.3 is 18.1 Å². The average Bonchev–Trinajstić information content (AvgIpc) is 3.40. The molecule has 3 saturated carbocycles. The Bertz CT molecular complexity index is 703. The molecule has 3 aliphatic carbocycles. The van der Waals surface area contributed by atoms with Crippen molar-refractivity contribution < 1.29 is 32.2 Å². The summed E-state index contributed by atoms with van der Waals surface area (Å²) in [5, 5.41) is 0. The fourth-order valence-electron chi connectivity index (χ4n) is 6.89. The molecular weight excluding hydrogens is 409 g/mol. The molecule has 4 nitrogen and oxygen atoms in total. The summed E-state index contributed by atoms with van der Waals surface area (Å²) in [6, 6.07) is 0. The minimum atomic E-state index is -4.62. The van der Waals surface area contributed by atoms with Crippen molar-refractivity contribution >= 4 is 11.9 Å². The molecule has 1 saturated heterocycles. The lowest BCUT2D eigenvalue weighted by Gasteiger charge is -2.34. The van der Waals surface area contributed by atoms with E-state index in [0.29, 0.717) is 19.3 Å². The second-order valence-electron chi connectivity index (χ2n) is 10.9. The molecule has 176 valence electrons. The number of ether oxygens (including phenoxy) is 2. The van der Waals surface area contributed by atoms with E-state index in [9.17, 15) is 22.8 Å². The summed E-state index contributed by atoms with van der Waals surface area (Å²) in [4.78, 5) is 24.8. The third kappa shape index (κ3) is 4.10. The highest BCUT2D eigenvalue weighted by Gasteiger charge is 2.71. The van der Waals surface area contributed by atoms with Gasteiger partial charge in [-0.05, 0) is 62.7 Å². The van der Waals surface area contributed by atoms with Crippen LogP contribution in [0, 0.1) is 29.1 Å². The number of carbonyl (C=O) groups is 2. The van der Waals surface area contributed by atoms with Gasteiger partial charge < -0.3 is 9.47 Å². The molecule has 0 aromatic rings. The third-order valence-electron chi connectivity index (χ3n) is 8.88. The summed E-state index contributed by atoms with van der Waals surface area (Å²) >= 11 is 0. The monoisotopic (exact) mass is 444 g/mol. The number of halogens is 3. The van der Waals surface area contributed by atoms with Gasteiger partial charge in [-0.15, -0.1) is 0 Å². The van der Waals surface area contributed by atoms with E-state index in [4.69, 9.17) is 9.47 Å². The molecule has 4 bridgehead atoms. The zero-order valence-electron chi connectivity index (χ0n) is 18.6. The Hall–Kier alpha value is -1.27. The number of rotatable bonds is 9. The maximum absolute atomic E-state index is 13.6. The largest absolute Gasteiger partial charge is 0.450 e. The van der Waals surface area contributed by atoms with Crippen molar-refractivity contribution in [2.45, 2.75) is 109 Å². The topological polar surface area (TPSA) is 52.6 Å². The van der Waals surface area contributed by atoms with Gasteiger partial charge in [0.2, 0.25) is 5.60 Å². The van der Waals surface area contributed by atoms with E-state index in [-0.39, 0.29) is 12.8 Å². The molecule has 0 aromatic heterocycles. The van der Waals surface area contributed by atoms with Crippen molar-refractivity contribution in [2.75, 3.05) is 0 Å². The van der Waals surface area contributed by atoms with Crippen molar-refractivity contribution in [3.05, 3.63) is 0 Å². The van der Waals surface area contributed by atoms with Crippen LogP contribution < -0.4 is 0 Å². The first-order chi connectivity index (χ1) is 14.5. The van der Waals surface area contributed by atoms with Gasteiger partial charge in [0, 0.05) is 5.41 Å². The van der Waals surface area contributed by atoms with Gasteiger partial charge in [0.1, 0.15) is 0 Å². The van der Waals surface area contributed by atoms with Gasteiger partial charge in [0.15, 0.2) is 6.10 Å². The van der Waals surface area contributed by atoms with Crippen LogP contribution in [-0.2, 0) is 19.1 Å². The summed E-state index contributed by atoms with van der Waals surface area (Å²) in [7, 11) is 0. The van der Waals surface area contributed by atoms with E-state index in [1.54, 1.807) is 13.8 Å². The quantitative estimate of drug-likeness (QED) is 0.325. The first kappa shape index (κ1) is 22.9. The highest BCUT2D eigenvalue weighted by atomic mass is 19.4. The molecule has 31 heavy (non-hydrogen) atoms. The Labute approximate surface area is 182 Å². The number of hydrogen-bond acceptors (Lipinski definition) is 4. The molecule has 6 atom stereocenters. The van der Waals surface area contributed by atoms with Crippen molar-refractivity contribution in [2.24, 2.45) is 29.1 Å². The Kier molecular flexibility index (Phi) is 6.10. The Balaban J connectivity index is 1.23. The number of hydrogen-bond donors (Lipinski definition) is 0. The second kappa shape index (κ2) is 8.26. The molecule has 0 N–H and O–H groups in total. The number of unbranched alkanes of at least 4 members (excludes halogenated alkanes) is 3. The summed E-state index contributed by atoms with van der Waals surface area (Å²) < 4.78 is 50.9. The van der Waals surface area contributed by atoms with E-state index in [0.717, 1.165) is 30.6 Å². The van der Waals surface area contributed by atoms with Crippen LogP contribution in [0.1, 0.15) is 90.9 Å². The molecule has 0 radical (unpaired) electrons. The van der Waals surface area contributed by atoms with Gasteiger partial charge in [-0.2, -0.15) is 13.2 Å². The number of alkyl halides is 3. The standard InChI is InChI=1S/C24H35F3O4/c1-22(2)18-11-12-23(22,31-20(18)28)21(29)30-19(24(25,26)27)8-6-4-3-5-7-16-13-15-9-10-17(16)14-15/h15-19H,3-14H2,1-2H3. The molecule has 1 aliphatic heterocycles. The van der Waals surface area contributed by atoms with E-state index < -0.39 is 41.2 Å². The molecular formula is C24H35F3O4. The lowest BCUT2D eigenvalue weighted by atomic mass is 9.75. The van der Waals surface area contributed by atoms with Crippen LogP contribution in [0.4, 0.5) is 13.2 Å². The van der Waals surface area contributed by atoms with Crippen LogP contribution in [0.25, 0.3) is 0 Å². The van der Waals surface area contributed by atoms with E-state index in [2.05, 4.69) is 0 Å². The number of fused-ring (bicyclic) bond motifs is 4. The molecule has 4 aliphatic rings. The maximum atomic E-state index is 13.6. The van der Waals surface area contributed by atoms with E-state index in [1.807, 2.05) is 0 Å². The molecule has 6 unspecified atom stereocenters. The maximum Gasteiger partial charge on any atom is 0.425 e. The van der Waals surface area contributed by atoms with Gasteiger partial charge in [0.25, 0.3) is 0 Å². The fourth-order valence-corrected chi connectivity index (χ4v) is 6.89. The number of carbonyl (C=O) groups excluding carboxylic acids is 2. The summed E-state index contributed by atoms with van der Waals surface area (Å²) in [6.07, 6.45) is 3.41. The van der Waals surface area contributed by atoms with Crippen molar-refractivity contribution in [3.63, 3.8) is 0 Å². The molecule has 1 heterocycles. The normalized spacial score (nSPS) is 36.6. The Morgan fingerprint density at radius 3 is 2.42 bits per heavy atom. The highest BCUT2D eigenvalue weighted by Crippen LogP contribution is 2.59. The fraction of sp³-hybridized carbons (Fsp3) is 0.917. The minimum absolute atomic E-state index is 0.225. The molecule has 4 fully saturated rings. The van der Waals surface area contributed by atoms with E-state index in [1.165, 1.54) is 32.1 Å². The SMILES string of the molecule is CC1(C)C2CCC1(C(=O)OC(CCCCCCC1CC3CCC1C3)C(F)(F)F)OC2=O. The van der Waals surface area contributed by atoms with Crippen LogP contribution in [0.2, 0.25) is 0 Å². The van der Waals surface area contributed by atoms with Crippen LogP contribution >= 0.6 is 0 Å². The van der Waals surface area contributed by atoms with Crippen LogP contribution in [0.15, 0.2) is 0 Å². The zero-order valence-corrected chi connectivity index (χ0v) is 18.6. The lowest BCUT2D eigenvalue weighted by molar-refractivity contribution is -0.235. The van der Waals surface area contributed by atoms with Gasteiger partial charge in [-0.1, -0.05) is 46.0 Å². The van der Waals surface area contributed by atoms with Crippen molar-refractivity contribution in [1.82, 2.24) is 0 Å². The van der Waals surface area contributed by atoms with Crippen molar-refractivity contribution in [3.8, 4) is 0 Å². The lowest BCUT2D eigenvalue weighted by Crippen LogP contribution is -2.50. The average molecular weight is 445 g/mol. The minimum Gasteiger partial charge on any atom is -0.450 e. The second-order valence-corrected chi connectivity index (χ2v) is 10.9. The Morgan fingerprint density at radius 1 is 1.13 bits per heavy atom. The third-order valence-corrected chi connectivity index (χ3v) is 8.88. The zero-order chi connectivity index (χ0) is 22.4. The molecule has 0 amide bonds. The summed E-state index contributed by atoms with van der Waals surface area (Å²) in [5.74, 6) is 0.643. The predicted octanol–water partition coefficient (Wildman–Crippen LogP) is 5.97. The van der Waals surface area contributed by atoms with Gasteiger partial charge in [-0.25, -0.2) is 4.79 Å². The molecule has 0 spiro atoms. The first-order valence-electron chi connectivity index (χ1n) is 12.1. The molecule has 4 rings (SSSR count). The van der Waals surface area contributed by atoms with Crippen LogP contribution in [0.5, 0.6) is 0 Å². The van der Waals surface area contributed by atoms with Gasteiger partial charge in [0.05, 0.1) is 5.92 Å². The van der Waals surface area contributed by atoms with Crippen LogP contribution in [-0.4, -0.2) is 29.8 Å².